The lowest BCUT2D eigenvalue weighted by atomic mass is 10.0. The lowest BCUT2D eigenvalue weighted by molar-refractivity contribution is 0.196. The van der Waals surface area contributed by atoms with Crippen LogP contribution in [0.15, 0.2) is 77.9 Å². The van der Waals surface area contributed by atoms with Crippen LogP contribution in [-0.4, -0.2) is 42.0 Å². The predicted molar refractivity (Wildman–Crippen MR) is 149 cm³/mol. The number of piperidine rings is 1. The van der Waals surface area contributed by atoms with E-state index in [0.717, 1.165) is 66.8 Å². The minimum Gasteiger partial charge on any atom is -0.457 e. The predicted octanol–water partition coefficient (Wildman–Crippen LogP) is 5.13. The normalized spacial score (nSPS) is 14.8. The minimum atomic E-state index is 0. The fraction of sp³-hybridized carbons (Fsp3) is 0.333. The molecule has 0 atom stereocenters. The van der Waals surface area contributed by atoms with Gasteiger partial charge in [0.15, 0.2) is 5.96 Å². The van der Waals surface area contributed by atoms with E-state index in [-0.39, 0.29) is 24.0 Å². The average Bonchev–Trinajstić information content (AvgIpc) is 2.85. The molecule has 1 saturated heterocycles. The third-order valence-electron chi connectivity index (χ3n) is 6.00. The number of para-hydroxylation sites is 2. The van der Waals surface area contributed by atoms with Gasteiger partial charge in [-0.1, -0.05) is 42.5 Å². The molecule has 0 unspecified atom stereocenters. The first-order valence-electron chi connectivity index (χ1n) is 11.6. The average molecular weight is 572 g/mol. The molecule has 2 N–H and O–H groups in total. The van der Waals surface area contributed by atoms with Gasteiger partial charge >= 0.3 is 0 Å². The van der Waals surface area contributed by atoms with Gasteiger partial charge in [0.25, 0.3) is 0 Å². The van der Waals surface area contributed by atoms with Gasteiger partial charge in [-0.25, -0.2) is 0 Å². The number of ether oxygens (including phenoxy) is 1. The molecule has 0 saturated carbocycles. The van der Waals surface area contributed by atoms with Gasteiger partial charge in [-0.3, -0.25) is 14.9 Å². The van der Waals surface area contributed by atoms with Crippen molar-refractivity contribution in [3.8, 4) is 11.5 Å². The van der Waals surface area contributed by atoms with E-state index >= 15 is 0 Å². The van der Waals surface area contributed by atoms with E-state index in [1.165, 1.54) is 0 Å². The number of nitrogens with zero attached hydrogens (tertiary/aromatic N) is 3. The molecule has 180 valence electrons. The first-order valence-corrected chi connectivity index (χ1v) is 11.6. The van der Waals surface area contributed by atoms with Crippen molar-refractivity contribution in [2.24, 2.45) is 4.99 Å². The second-order valence-corrected chi connectivity index (χ2v) is 8.42. The van der Waals surface area contributed by atoms with Crippen molar-refractivity contribution in [2.75, 3.05) is 20.1 Å². The van der Waals surface area contributed by atoms with Gasteiger partial charge in [0.2, 0.25) is 0 Å². The van der Waals surface area contributed by atoms with E-state index in [4.69, 9.17) is 4.74 Å². The summed E-state index contributed by atoms with van der Waals surface area (Å²) in [6.45, 7) is 5.72. The van der Waals surface area contributed by atoms with Crippen molar-refractivity contribution >= 4 is 29.9 Å². The smallest absolute Gasteiger partial charge is 0.191 e. The Labute approximate surface area is 219 Å². The second kappa shape index (κ2) is 13.3. The maximum absolute atomic E-state index is 6.21. The summed E-state index contributed by atoms with van der Waals surface area (Å²) in [6.07, 6.45) is 4.03. The molecule has 0 spiro atoms. The fourth-order valence-corrected chi connectivity index (χ4v) is 4.06. The number of aromatic nitrogens is 1. The van der Waals surface area contributed by atoms with E-state index in [0.29, 0.717) is 12.6 Å². The highest BCUT2D eigenvalue weighted by molar-refractivity contribution is 14.0. The largest absolute Gasteiger partial charge is 0.457 e. The summed E-state index contributed by atoms with van der Waals surface area (Å²) in [4.78, 5) is 11.4. The van der Waals surface area contributed by atoms with Crippen LogP contribution in [0.2, 0.25) is 0 Å². The highest BCUT2D eigenvalue weighted by atomic mass is 127. The SMILES string of the molecule is CN=C(NCc1ccccc1Oc1ccccc1C)NC1CCN(Cc2ccccn2)CC1.I. The van der Waals surface area contributed by atoms with Crippen LogP contribution in [0.3, 0.4) is 0 Å². The molecule has 0 bridgehead atoms. The Balaban J connectivity index is 0.00000324. The number of benzene rings is 2. The molecular weight excluding hydrogens is 537 g/mol. The van der Waals surface area contributed by atoms with Gasteiger partial charge in [0, 0.05) is 51.0 Å². The molecule has 1 fully saturated rings. The standard InChI is InChI=1S/C27H33N5O.HI/c1-21-9-3-5-12-25(21)33-26-13-6-4-10-22(26)19-30-27(28-2)31-23-14-17-32(18-15-23)20-24-11-7-8-16-29-24;/h3-13,16,23H,14-15,17-20H2,1-2H3,(H2,28,30,31);1H. The van der Waals surface area contributed by atoms with E-state index in [1.54, 1.807) is 0 Å². The van der Waals surface area contributed by atoms with E-state index in [2.05, 4.69) is 56.7 Å². The number of nitrogens with one attached hydrogen (secondary N) is 2. The first kappa shape index (κ1) is 26.0. The molecule has 0 radical (unpaired) electrons. The van der Waals surface area contributed by atoms with Gasteiger partial charge in [0.05, 0.1) is 5.69 Å². The molecule has 34 heavy (non-hydrogen) atoms. The molecule has 0 amide bonds. The van der Waals surface area contributed by atoms with Crippen LogP contribution in [0.4, 0.5) is 0 Å². The van der Waals surface area contributed by atoms with Gasteiger partial charge in [0.1, 0.15) is 11.5 Å². The Bertz CT molecular complexity index is 1050. The lowest BCUT2D eigenvalue weighted by Gasteiger charge is -2.32. The van der Waals surface area contributed by atoms with Crippen LogP contribution in [0.1, 0.15) is 29.7 Å². The summed E-state index contributed by atoms with van der Waals surface area (Å²) in [5, 5.41) is 7.05. The second-order valence-electron chi connectivity index (χ2n) is 8.42. The number of pyridine rings is 1. The van der Waals surface area contributed by atoms with Gasteiger partial charge < -0.3 is 15.4 Å². The van der Waals surface area contributed by atoms with E-state index in [1.807, 2.05) is 55.7 Å². The number of likely N-dealkylation sites (tertiary alicyclic amines) is 1. The Morgan fingerprint density at radius 2 is 1.71 bits per heavy atom. The van der Waals surface area contributed by atoms with Crippen LogP contribution in [0, 0.1) is 6.92 Å². The highest BCUT2D eigenvalue weighted by Crippen LogP contribution is 2.27. The Hall–Kier alpha value is -2.65. The van der Waals surface area contributed by atoms with Crippen LogP contribution in [-0.2, 0) is 13.1 Å². The molecule has 2 heterocycles. The van der Waals surface area contributed by atoms with Gasteiger partial charge in [-0.2, -0.15) is 0 Å². The fourth-order valence-electron chi connectivity index (χ4n) is 4.06. The molecule has 0 aliphatic carbocycles. The zero-order valence-corrected chi connectivity index (χ0v) is 22.2. The first-order chi connectivity index (χ1) is 16.2. The number of rotatable bonds is 7. The zero-order valence-electron chi connectivity index (χ0n) is 19.9. The van der Waals surface area contributed by atoms with Gasteiger partial charge in [-0.15, -0.1) is 24.0 Å². The van der Waals surface area contributed by atoms with Crippen molar-refractivity contribution in [1.29, 1.82) is 0 Å². The number of halogens is 1. The molecule has 6 nitrogen and oxygen atoms in total. The summed E-state index contributed by atoms with van der Waals surface area (Å²) < 4.78 is 6.21. The molecule has 3 aromatic rings. The third kappa shape index (κ3) is 7.43. The van der Waals surface area contributed by atoms with E-state index in [9.17, 15) is 0 Å². The molecule has 2 aromatic carbocycles. The highest BCUT2D eigenvalue weighted by Gasteiger charge is 2.20. The summed E-state index contributed by atoms with van der Waals surface area (Å²) in [5.74, 6) is 2.56. The van der Waals surface area contributed by atoms with Crippen molar-refractivity contribution in [3.63, 3.8) is 0 Å². The van der Waals surface area contributed by atoms with Crippen molar-refractivity contribution in [1.82, 2.24) is 20.5 Å². The maximum atomic E-state index is 6.21. The Kier molecular flexibility index (Phi) is 10.2. The Morgan fingerprint density at radius 3 is 2.41 bits per heavy atom. The quantitative estimate of drug-likeness (QED) is 0.234. The van der Waals surface area contributed by atoms with Crippen LogP contribution >= 0.6 is 24.0 Å². The summed E-state index contributed by atoms with van der Waals surface area (Å²) >= 11 is 0. The number of hydrogen-bond acceptors (Lipinski definition) is 4. The molecule has 1 aliphatic heterocycles. The maximum Gasteiger partial charge on any atom is 0.191 e. The topological polar surface area (TPSA) is 61.8 Å². The van der Waals surface area contributed by atoms with Crippen molar-refractivity contribution in [2.45, 2.75) is 38.9 Å². The zero-order chi connectivity index (χ0) is 22.9. The lowest BCUT2D eigenvalue weighted by Crippen LogP contribution is -2.48. The summed E-state index contributed by atoms with van der Waals surface area (Å²) in [7, 11) is 1.82. The molecular formula is C27H34IN5O. The van der Waals surface area contributed by atoms with E-state index < -0.39 is 0 Å². The number of aryl methyl sites for hydroxylation is 1. The van der Waals surface area contributed by atoms with Crippen molar-refractivity contribution < 1.29 is 4.74 Å². The number of guanidine groups is 1. The van der Waals surface area contributed by atoms with Crippen LogP contribution in [0.5, 0.6) is 11.5 Å². The summed E-state index contributed by atoms with van der Waals surface area (Å²) in [5.41, 5.74) is 3.34. The molecule has 1 aliphatic rings. The third-order valence-corrected chi connectivity index (χ3v) is 6.00. The summed E-state index contributed by atoms with van der Waals surface area (Å²) in [6, 6.07) is 22.7. The number of aliphatic imine (C=N–C) groups is 1. The monoisotopic (exact) mass is 571 g/mol. The molecule has 1 aromatic heterocycles. The van der Waals surface area contributed by atoms with Crippen LogP contribution < -0.4 is 15.4 Å². The minimum absolute atomic E-state index is 0. The van der Waals surface area contributed by atoms with Crippen LogP contribution in [0.25, 0.3) is 0 Å². The van der Waals surface area contributed by atoms with Gasteiger partial charge in [-0.05, 0) is 49.6 Å². The molecule has 7 heteroatoms. The molecule has 4 rings (SSSR count). The number of hydrogen-bond donors (Lipinski definition) is 2. The van der Waals surface area contributed by atoms with Crippen molar-refractivity contribution in [3.05, 3.63) is 89.7 Å². The Morgan fingerprint density at radius 1 is 1.00 bits per heavy atom.